The molecular weight excluding hydrogens is 478 g/mol. The van der Waals surface area contributed by atoms with Gasteiger partial charge in [-0.1, -0.05) is 6.08 Å². The molecule has 5 heterocycles. The number of imidazole rings is 1. The van der Waals surface area contributed by atoms with Gasteiger partial charge in [-0.15, -0.1) is 6.58 Å². The molecule has 3 aromatic rings. The Morgan fingerprint density at radius 1 is 1.03 bits per heavy atom. The Morgan fingerprint density at radius 3 is 2.56 bits per heavy atom. The molecule has 0 unspecified atom stereocenters. The van der Waals surface area contributed by atoms with Crippen LogP contribution in [-0.4, -0.2) is 75.3 Å². The van der Waals surface area contributed by atoms with E-state index in [1.165, 1.54) is 0 Å². The molecule has 0 radical (unpaired) electrons. The number of alkyl halides is 4. The number of halogens is 4. The van der Waals surface area contributed by atoms with Gasteiger partial charge in [0.25, 0.3) is 0 Å². The summed E-state index contributed by atoms with van der Waals surface area (Å²) in [7, 11) is 0. The van der Waals surface area contributed by atoms with E-state index in [4.69, 9.17) is 0 Å². The van der Waals surface area contributed by atoms with E-state index >= 15 is 0 Å². The molecular formula is C23H27F4N9. The molecule has 192 valence electrons. The smallest absolute Gasteiger partial charge is 0.353 e. The van der Waals surface area contributed by atoms with Gasteiger partial charge in [0.2, 0.25) is 11.9 Å². The van der Waals surface area contributed by atoms with Crippen molar-refractivity contribution in [1.82, 2.24) is 29.7 Å². The molecule has 2 aliphatic heterocycles. The summed E-state index contributed by atoms with van der Waals surface area (Å²) in [4.78, 5) is 20.7. The first kappa shape index (κ1) is 24.2. The fraction of sp³-hybridized carbons (Fsp3) is 0.478. The van der Waals surface area contributed by atoms with Gasteiger partial charge >= 0.3 is 6.18 Å². The first-order valence-corrected chi connectivity index (χ1v) is 11.8. The zero-order chi connectivity index (χ0) is 25.3. The summed E-state index contributed by atoms with van der Waals surface area (Å²) in [6, 6.07) is -0.0597. The summed E-state index contributed by atoms with van der Waals surface area (Å²) in [5.74, 6) is 1.42. The lowest BCUT2D eigenvalue weighted by molar-refractivity contribution is -0.138. The van der Waals surface area contributed by atoms with E-state index in [2.05, 4.69) is 42.0 Å². The summed E-state index contributed by atoms with van der Waals surface area (Å²) in [6.45, 7) is 6.71. The van der Waals surface area contributed by atoms with Gasteiger partial charge in [0, 0.05) is 69.5 Å². The van der Waals surface area contributed by atoms with Crippen LogP contribution in [0.3, 0.4) is 0 Å². The molecule has 3 atom stereocenters. The van der Waals surface area contributed by atoms with E-state index in [1.807, 2.05) is 15.4 Å². The number of hydrogen-bond donors (Lipinski definition) is 2. The molecule has 2 saturated heterocycles. The van der Waals surface area contributed by atoms with Crippen LogP contribution in [0.1, 0.15) is 18.4 Å². The average Bonchev–Trinajstić information content (AvgIpc) is 3.49. The van der Waals surface area contributed by atoms with Gasteiger partial charge in [-0.05, 0) is 6.42 Å². The highest BCUT2D eigenvalue weighted by Gasteiger charge is 2.33. The molecule has 5 rings (SSSR count). The molecule has 0 aliphatic carbocycles. The third-order valence-corrected chi connectivity index (χ3v) is 6.45. The maximum absolute atomic E-state index is 14.7. The molecule has 2 aliphatic rings. The summed E-state index contributed by atoms with van der Waals surface area (Å²) in [5.41, 5.74) is -0.107. The van der Waals surface area contributed by atoms with Gasteiger partial charge in [0.1, 0.15) is 11.7 Å². The zero-order valence-electron chi connectivity index (χ0n) is 19.5. The van der Waals surface area contributed by atoms with E-state index in [-0.39, 0.29) is 18.9 Å². The predicted octanol–water partition coefficient (Wildman–Crippen LogP) is 2.92. The lowest BCUT2D eigenvalue weighted by Crippen LogP contribution is -2.48. The third-order valence-electron chi connectivity index (χ3n) is 6.45. The Bertz CT molecular complexity index is 1200. The maximum Gasteiger partial charge on any atom is 0.419 e. The van der Waals surface area contributed by atoms with Gasteiger partial charge in [0.15, 0.2) is 5.82 Å². The molecule has 0 amide bonds. The molecule has 9 nitrogen and oxygen atoms in total. The lowest BCUT2D eigenvalue weighted by atomic mass is 10.0. The minimum Gasteiger partial charge on any atom is -0.353 e. The van der Waals surface area contributed by atoms with E-state index in [1.54, 1.807) is 18.6 Å². The number of piperidine rings is 1. The van der Waals surface area contributed by atoms with Gasteiger partial charge in [-0.2, -0.15) is 13.2 Å². The standard InChI is InChI=1S/C23H27F4N9/c1-2-4-28-17-3-6-34(13-17)20-19-11-32-22(36(19)7-5-29-20)35-12-16(24)8-18(14-35)33-21-30-9-15(10-31-21)23(25,26)27/h2,5,7,9-11,16-18,28H,1,3-4,6,8,12-14H2,(H,30,31,33)/t16-,17-,18-/m1/s1. The van der Waals surface area contributed by atoms with E-state index in [9.17, 15) is 17.6 Å². The Hall–Kier alpha value is -3.48. The zero-order valence-corrected chi connectivity index (χ0v) is 19.5. The second-order valence-corrected chi connectivity index (χ2v) is 9.07. The summed E-state index contributed by atoms with van der Waals surface area (Å²) < 4.78 is 55.0. The van der Waals surface area contributed by atoms with Crippen molar-refractivity contribution in [3.8, 4) is 0 Å². The molecule has 0 spiro atoms. The number of rotatable bonds is 7. The Labute approximate surface area is 205 Å². The largest absolute Gasteiger partial charge is 0.419 e. The molecule has 36 heavy (non-hydrogen) atoms. The SMILES string of the molecule is C=CCN[C@@H]1CCN(c2nccn3c(N4C[C@H](F)C[C@@H](Nc5ncc(C(F)(F)F)cn5)C4)ncc23)C1. The maximum atomic E-state index is 14.7. The summed E-state index contributed by atoms with van der Waals surface area (Å²) >= 11 is 0. The summed E-state index contributed by atoms with van der Waals surface area (Å²) in [5, 5.41) is 6.41. The predicted molar refractivity (Wildman–Crippen MR) is 128 cm³/mol. The number of nitrogens with zero attached hydrogens (tertiary/aromatic N) is 7. The number of fused-ring (bicyclic) bond motifs is 1. The Balaban J connectivity index is 1.32. The second kappa shape index (κ2) is 9.88. The van der Waals surface area contributed by atoms with E-state index in [0.717, 1.165) is 49.8 Å². The topological polar surface area (TPSA) is 86.5 Å². The van der Waals surface area contributed by atoms with Crippen LogP contribution in [0.25, 0.3) is 5.52 Å². The van der Waals surface area contributed by atoms with Crippen molar-refractivity contribution in [3.63, 3.8) is 0 Å². The van der Waals surface area contributed by atoms with Crippen LogP contribution in [-0.2, 0) is 6.18 Å². The van der Waals surface area contributed by atoms with Gasteiger partial charge < -0.3 is 20.4 Å². The fourth-order valence-corrected chi connectivity index (χ4v) is 4.78. The van der Waals surface area contributed by atoms with Crippen LogP contribution >= 0.6 is 0 Å². The minimum atomic E-state index is -4.52. The van der Waals surface area contributed by atoms with Crippen molar-refractivity contribution >= 4 is 23.2 Å². The van der Waals surface area contributed by atoms with E-state index < -0.39 is 24.0 Å². The number of nitrogens with one attached hydrogen (secondary N) is 2. The highest BCUT2D eigenvalue weighted by atomic mass is 19.4. The third kappa shape index (κ3) is 5.06. The molecule has 0 bridgehead atoms. The van der Waals surface area contributed by atoms with Crippen LogP contribution in [0.15, 0.2) is 43.6 Å². The van der Waals surface area contributed by atoms with Crippen molar-refractivity contribution in [1.29, 1.82) is 0 Å². The molecule has 0 aromatic carbocycles. The number of anilines is 3. The average molecular weight is 506 g/mol. The molecule has 2 N–H and O–H groups in total. The second-order valence-electron chi connectivity index (χ2n) is 9.07. The minimum absolute atomic E-state index is 0.0233. The van der Waals surface area contributed by atoms with Crippen molar-refractivity contribution in [2.45, 2.75) is 37.3 Å². The summed E-state index contributed by atoms with van der Waals surface area (Å²) in [6.07, 6.45) is 4.03. The normalized spacial score (nSPS) is 22.8. The molecule has 0 saturated carbocycles. The molecule has 13 heteroatoms. The van der Waals surface area contributed by atoms with Crippen molar-refractivity contribution < 1.29 is 17.6 Å². The number of hydrogen-bond acceptors (Lipinski definition) is 8. The fourth-order valence-electron chi connectivity index (χ4n) is 4.78. The van der Waals surface area contributed by atoms with Crippen molar-refractivity contribution in [2.24, 2.45) is 0 Å². The quantitative estimate of drug-likeness (QED) is 0.375. The molecule has 2 fully saturated rings. The monoisotopic (exact) mass is 505 g/mol. The van der Waals surface area contributed by atoms with Crippen LogP contribution in [0.4, 0.5) is 35.3 Å². The number of aromatic nitrogens is 5. The highest BCUT2D eigenvalue weighted by molar-refractivity contribution is 5.71. The Morgan fingerprint density at radius 2 is 1.81 bits per heavy atom. The Kier molecular flexibility index (Phi) is 6.65. The van der Waals surface area contributed by atoms with E-state index in [0.29, 0.717) is 18.5 Å². The van der Waals surface area contributed by atoms with Crippen molar-refractivity contribution in [2.75, 3.05) is 47.8 Å². The van der Waals surface area contributed by atoms with Crippen LogP contribution in [0.2, 0.25) is 0 Å². The van der Waals surface area contributed by atoms with Crippen LogP contribution in [0, 0.1) is 0 Å². The van der Waals surface area contributed by atoms with Crippen molar-refractivity contribution in [3.05, 3.63) is 49.2 Å². The van der Waals surface area contributed by atoms with Gasteiger partial charge in [0.05, 0.1) is 18.3 Å². The molecule has 3 aromatic heterocycles. The van der Waals surface area contributed by atoms with Crippen LogP contribution in [0.5, 0.6) is 0 Å². The van der Waals surface area contributed by atoms with Crippen LogP contribution < -0.4 is 20.4 Å². The highest BCUT2D eigenvalue weighted by Crippen LogP contribution is 2.30. The first-order valence-electron chi connectivity index (χ1n) is 11.8. The lowest BCUT2D eigenvalue weighted by Gasteiger charge is -2.35. The van der Waals surface area contributed by atoms with Gasteiger partial charge in [-0.25, -0.2) is 24.3 Å². The first-order chi connectivity index (χ1) is 17.3. The van der Waals surface area contributed by atoms with Gasteiger partial charge in [-0.3, -0.25) is 4.40 Å².